The molecular weight excluding hydrogens is 182 g/mol. The first-order valence-corrected chi connectivity index (χ1v) is 3.65. The monoisotopic (exact) mass is 189 g/mol. The number of nitrogens with two attached hydrogens (primary N) is 1. The fraction of sp³-hybridized carbons (Fsp3) is 0.333. The van der Waals surface area contributed by atoms with Crippen LogP contribution in [-0.4, -0.2) is 27.4 Å². The molecule has 0 aliphatic rings. The Kier molecular flexibility index (Phi) is 2.67. The van der Waals surface area contributed by atoms with Crippen molar-refractivity contribution in [3.63, 3.8) is 0 Å². The summed E-state index contributed by atoms with van der Waals surface area (Å²) < 4.78 is 1.23. The van der Waals surface area contributed by atoms with Crippen molar-refractivity contribution in [2.75, 3.05) is 6.54 Å². The fourth-order valence-electron chi connectivity index (χ4n) is 0.807. The second-order valence-corrected chi connectivity index (χ2v) is 2.66. The van der Waals surface area contributed by atoms with E-state index in [1.807, 2.05) is 0 Å². The standard InChI is InChI=1S/C6H8ClN3O2/c7-4-2-9-10(3-4)5(1-8)6(11)12/h2-3,5H,1,8H2,(H,11,12). The molecule has 0 aromatic carbocycles. The minimum atomic E-state index is -1.02. The zero-order valence-corrected chi connectivity index (χ0v) is 6.90. The summed E-state index contributed by atoms with van der Waals surface area (Å²) in [6, 6.07) is -0.836. The van der Waals surface area contributed by atoms with Gasteiger partial charge in [-0.05, 0) is 0 Å². The number of hydrogen-bond donors (Lipinski definition) is 2. The van der Waals surface area contributed by atoms with Crippen molar-refractivity contribution in [1.82, 2.24) is 9.78 Å². The molecule has 1 aromatic rings. The lowest BCUT2D eigenvalue weighted by atomic mass is 10.3. The van der Waals surface area contributed by atoms with Gasteiger partial charge in [0.05, 0.1) is 11.2 Å². The van der Waals surface area contributed by atoms with Gasteiger partial charge >= 0.3 is 5.97 Å². The predicted octanol–water partition coefficient (Wildman–Crippen LogP) is 0.121. The minimum Gasteiger partial charge on any atom is -0.480 e. The Bertz CT molecular complexity index is 286. The highest BCUT2D eigenvalue weighted by Crippen LogP contribution is 2.10. The molecule has 0 fully saturated rings. The minimum absolute atomic E-state index is 0.00660. The largest absolute Gasteiger partial charge is 0.480 e. The van der Waals surface area contributed by atoms with Crippen LogP contribution in [0.3, 0.4) is 0 Å². The highest BCUT2D eigenvalue weighted by atomic mass is 35.5. The first-order chi connectivity index (χ1) is 5.65. The molecule has 1 heterocycles. The van der Waals surface area contributed by atoms with E-state index >= 15 is 0 Å². The van der Waals surface area contributed by atoms with Crippen LogP contribution in [0.5, 0.6) is 0 Å². The summed E-state index contributed by atoms with van der Waals surface area (Å²) in [5, 5.41) is 12.8. The molecule has 5 nitrogen and oxygen atoms in total. The smallest absolute Gasteiger partial charge is 0.329 e. The number of halogens is 1. The molecule has 0 aliphatic carbocycles. The lowest BCUT2D eigenvalue weighted by Crippen LogP contribution is -2.27. The van der Waals surface area contributed by atoms with E-state index in [1.165, 1.54) is 17.1 Å². The summed E-state index contributed by atoms with van der Waals surface area (Å²) >= 11 is 5.55. The Balaban J connectivity index is 2.87. The van der Waals surface area contributed by atoms with E-state index in [0.717, 1.165) is 0 Å². The number of nitrogens with zero attached hydrogens (tertiary/aromatic N) is 2. The van der Waals surface area contributed by atoms with Gasteiger partial charge < -0.3 is 10.8 Å². The van der Waals surface area contributed by atoms with Crippen LogP contribution in [0.4, 0.5) is 0 Å². The summed E-state index contributed by atoms with van der Waals surface area (Å²) in [4.78, 5) is 10.6. The van der Waals surface area contributed by atoms with Crippen LogP contribution in [0.1, 0.15) is 6.04 Å². The molecule has 0 amide bonds. The maximum absolute atomic E-state index is 10.6. The summed E-state index contributed by atoms with van der Waals surface area (Å²) in [7, 11) is 0. The van der Waals surface area contributed by atoms with Crippen LogP contribution in [-0.2, 0) is 4.79 Å². The number of carboxylic acids is 1. The summed E-state index contributed by atoms with van der Waals surface area (Å²) in [5.41, 5.74) is 5.23. The average molecular weight is 190 g/mol. The highest BCUT2D eigenvalue weighted by Gasteiger charge is 2.17. The van der Waals surface area contributed by atoms with Crippen molar-refractivity contribution >= 4 is 17.6 Å². The average Bonchev–Trinajstić information content (AvgIpc) is 2.37. The van der Waals surface area contributed by atoms with Crippen LogP contribution in [0, 0.1) is 0 Å². The van der Waals surface area contributed by atoms with E-state index in [4.69, 9.17) is 22.4 Å². The van der Waals surface area contributed by atoms with Gasteiger partial charge in [-0.15, -0.1) is 0 Å². The van der Waals surface area contributed by atoms with Gasteiger partial charge in [-0.2, -0.15) is 5.10 Å². The maximum atomic E-state index is 10.6. The van der Waals surface area contributed by atoms with Gasteiger partial charge in [-0.3, -0.25) is 4.68 Å². The molecule has 66 valence electrons. The second-order valence-electron chi connectivity index (χ2n) is 2.23. The summed E-state index contributed by atoms with van der Waals surface area (Å²) in [6.45, 7) is -0.00660. The van der Waals surface area contributed by atoms with Gasteiger partial charge in [0.15, 0.2) is 6.04 Å². The second kappa shape index (κ2) is 3.55. The Morgan fingerprint density at radius 2 is 2.58 bits per heavy atom. The first-order valence-electron chi connectivity index (χ1n) is 3.27. The molecule has 3 N–H and O–H groups in total. The fourth-order valence-corrected chi connectivity index (χ4v) is 0.951. The van der Waals surface area contributed by atoms with Crippen molar-refractivity contribution in [2.24, 2.45) is 5.73 Å². The Morgan fingerprint density at radius 3 is 2.92 bits per heavy atom. The number of carbonyl (C=O) groups is 1. The molecule has 0 saturated carbocycles. The van der Waals surface area contributed by atoms with Crippen molar-refractivity contribution in [1.29, 1.82) is 0 Å². The molecule has 1 atom stereocenters. The predicted molar refractivity (Wildman–Crippen MR) is 43.0 cm³/mol. The summed E-state index contributed by atoms with van der Waals surface area (Å²) in [5.74, 6) is -1.02. The lowest BCUT2D eigenvalue weighted by Gasteiger charge is -2.08. The molecule has 0 saturated heterocycles. The van der Waals surface area contributed by atoms with Gasteiger partial charge in [-0.1, -0.05) is 11.6 Å². The zero-order chi connectivity index (χ0) is 9.14. The Hall–Kier alpha value is -1.07. The molecule has 0 radical (unpaired) electrons. The van der Waals surface area contributed by atoms with E-state index in [1.54, 1.807) is 0 Å². The van der Waals surface area contributed by atoms with Gasteiger partial charge in [-0.25, -0.2) is 4.79 Å². The first kappa shape index (κ1) is 9.02. The third kappa shape index (κ3) is 1.75. The van der Waals surface area contributed by atoms with Crippen molar-refractivity contribution < 1.29 is 9.90 Å². The third-order valence-corrected chi connectivity index (χ3v) is 1.59. The number of hydrogen-bond acceptors (Lipinski definition) is 3. The van der Waals surface area contributed by atoms with Crippen LogP contribution in [0.25, 0.3) is 0 Å². The van der Waals surface area contributed by atoms with E-state index < -0.39 is 12.0 Å². The van der Waals surface area contributed by atoms with Gasteiger partial charge in [0.1, 0.15) is 0 Å². The van der Waals surface area contributed by atoms with Crippen LogP contribution in [0.15, 0.2) is 12.4 Å². The Morgan fingerprint density at radius 1 is 1.92 bits per heavy atom. The molecular formula is C6H8ClN3O2. The Labute approximate surface area is 73.7 Å². The van der Waals surface area contributed by atoms with Gasteiger partial charge in [0, 0.05) is 12.7 Å². The number of rotatable bonds is 3. The van der Waals surface area contributed by atoms with Crippen LogP contribution in [0.2, 0.25) is 5.02 Å². The normalized spacial score (nSPS) is 12.8. The van der Waals surface area contributed by atoms with E-state index in [0.29, 0.717) is 5.02 Å². The number of aliphatic carboxylic acids is 1. The van der Waals surface area contributed by atoms with Crippen LogP contribution >= 0.6 is 11.6 Å². The maximum Gasteiger partial charge on any atom is 0.329 e. The van der Waals surface area contributed by atoms with E-state index in [-0.39, 0.29) is 6.54 Å². The topological polar surface area (TPSA) is 81.1 Å². The van der Waals surface area contributed by atoms with Gasteiger partial charge in [0.25, 0.3) is 0 Å². The van der Waals surface area contributed by atoms with Crippen LogP contribution < -0.4 is 5.73 Å². The molecule has 1 rings (SSSR count). The van der Waals surface area contributed by atoms with Crippen molar-refractivity contribution in [2.45, 2.75) is 6.04 Å². The molecule has 1 unspecified atom stereocenters. The third-order valence-electron chi connectivity index (χ3n) is 1.40. The van der Waals surface area contributed by atoms with Gasteiger partial charge in [0.2, 0.25) is 0 Å². The number of carboxylic acid groups (broad SMARTS) is 1. The highest BCUT2D eigenvalue weighted by molar-refractivity contribution is 6.30. The molecule has 1 aromatic heterocycles. The SMILES string of the molecule is NCC(C(=O)O)n1cc(Cl)cn1. The van der Waals surface area contributed by atoms with Crippen molar-refractivity contribution in [3.05, 3.63) is 17.4 Å². The quantitative estimate of drug-likeness (QED) is 0.708. The molecule has 6 heteroatoms. The molecule has 12 heavy (non-hydrogen) atoms. The number of aromatic nitrogens is 2. The molecule has 0 aliphatic heterocycles. The van der Waals surface area contributed by atoms with Crippen molar-refractivity contribution in [3.8, 4) is 0 Å². The molecule has 0 bridgehead atoms. The van der Waals surface area contributed by atoms with E-state index in [2.05, 4.69) is 5.10 Å². The van der Waals surface area contributed by atoms with E-state index in [9.17, 15) is 4.79 Å². The summed E-state index contributed by atoms with van der Waals surface area (Å²) in [6.07, 6.45) is 2.79. The molecule has 0 spiro atoms. The lowest BCUT2D eigenvalue weighted by molar-refractivity contribution is -0.140. The zero-order valence-electron chi connectivity index (χ0n) is 6.14.